The van der Waals surface area contributed by atoms with Crippen LogP contribution in [0.4, 0.5) is 5.69 Å². The number of benzene rings is 4. The van der Waals surface area contributed by atoms with Crippen molar-refractivity contribution in [2.24, 2.45) is 0 Å². The van der Waals surface area contributed by atoms with Crippen molar-refractivity contribution in [2.75, 3.05) is 5.32 Å². The van der Waals surface area contributed by atoms with E-state index in [4.69, 9.17) is 23.2 Å². The fourth-order valence-corrected chi connectivity index (χ4v) is 6.16. The molecule has 0 aliphatic heterocycles. The molecule has 4 rings (SSSR count). The molecule has 4 aromatic rings. The molecular weight excluding hydrogens is 757 g/mol. The maximum Gasteiger partial charge on any atom is 0.325 e. The molecule has 6 N–H and O–H groups in total. The van der Waals surface area contributed by atoms with Crippen LogP contribution in [0, 0.1) is 6.92 Å². The Labute approximate surface area is 335 Å². The normalized spacial score (nSPS) is 12.9. The Morgan fingerprint density at radius 3 is 1.79 bits per heavy atom. The molecule has 0 saturated carbocycles. The van der Waals surface area contributed by atoms with Gasteiger partial charge in [-0.05, 0) is 67.6 Å². The standard InChI is InChI=1S/C42H45Cl2N5O7/c1-26-13-18-32(19-14-26)46-37(50)21-22-38(51)47-34(20-15-28-9-5-3-6-10-28)39(52)49-36(24-30-16-17-31(43)25-33(30)44)41(54)48-35(23-29-11-7-4-8-12-29)40(53)45-27(2)42(55)56/h3-14,16-19,25,27,34-36H,15,20-24H2,1-2H3,(H,45,53)(H,46,50)(H,47,51)(H,48,54)(H,49,52)(H,55,56). The lowest BCUT2D eigenvalue weighted by Crippen LogP contribution is -2.58. The van der Waals surface area contributed by atoms with Gasteiger partial charge in [0.2, 0.25) is 29.5 Å². The monoisotopic (exact) mass is 801 g/mol. The maximum absolute atomic E-state index is 14.1. The smallest absolute Gasteiger partial charge is 0.325 e. The van der Waals surface area contributed by atoms with E-state index in [-0.39, 0.29) is 43.0 Å². The van der Waals surface area contributed by atoms with Crippen molar-refractivity contribution in [3.63, 3.8) is 0 Å². The molecule has 0 radical (unpaired) electrons. The van der Waals surface area contributed by atoms with Crippen molar-refractivity contribution in [2.45, 2.75) is 76.5 Å². The number of carboxylic acids is 1. The predicted octanol–water partition coefficient (Wildman–Crippen LogP) is 5.18. The van der Waals surface area contributed by atoms with E-state index >= 15 is 0 Å². The summed E-state index contributed by atoms with van der Waals surface area (Å²) in [7, 11) is 0. The van der Waals surface area contributed by atoms with Crippen molar-refractivity contribution >= 4 is 64.4 Å². The SMILES string of the molecule is Cc1ccc(NC(=O)CCC(=O)NC(CCc2ccccc2)C(=O)NC(Cc2ccc(Cl)cc2Cl)C(=O)NC(Cc2ccccc2)C(=O)NC(C)C(=O)O)cc1. The topological polar surface area (TPSA) is 183 Å². The summed E-state index contributed by atoms with van der Waals surface area (Å²) in [4.78, 5) is 79.0. The second kappa shape index (κ2) is 21.4. The minimum atomic E-state index is -1.32. The molecule has 294 valence electrons. The van der Waals surface area contributed by atoms with Gasteiger partial charge in [0.1, 0.15) is 24.2 Å². The number of carboxylic acid groups (broad SMARTS) is 1. The first kappa shape index (κ1) is 43.0. The molecule has 0 heterocycles. The molecule has 0 fully saturated rings. The highest BCUT2D eigenvalue weighted by atomic mass is 35.5. The fraction of sp³-hybridized carbons (Fsp3) is 0.286. The van der Waals surface area contributed by atoms with Gasteiger partial charge in [0.05, 0.1) is 0 Å². The molecule has 0 aliphatic rings. The van der Waals surface area contributed by atoms with Crippen LogP contribution in [-0.4, -0.2) is 64.8 Å². The van der Waals surface area contributed by atoms with Crippen LogP contribution in [0.3, 0.4) is 0 Å². The summed E-state index contributed by atoms with van der Waals surface area (Å²) in [6, 6.07) is 25.1. The summed E-state index contributed by atoms with van der Waals surface area (Å²) in [5.74, 6) is -4.38. The van der Waals surface area contributed by atoms with Crippen molar-refractivity contribution in [3.05, 3.63) is 135 Å². The summed E-state index contributed by atoms with van der Waals surface area (Å²) in [5.41, 5.74) is 3.68. The van der Waals surface area contributed by atoms with Gasteiger partial charge < -0.3 is 31.7 Å². The molecule has 0 saturated heterocycles. The lowest BCUT2D eigenvalue weighted by molar-refractivity contribution is -0.141. The number of hydrogen-bond donors (Lipinski definition) is 6. The van der Waals surface area contributed by atoms with E-state index in [1.807, 2.05) is 49.4 Å². The van der Waals surface area contributed by atoms with Gasteiger partial charge in [-0.3, -0.25) is 28.8 Å². The number of hydrogen-bond acceptors (Lipinski definition) is 6. The molecule has 56 heavy (non-hydrogen) atoms. The van der Waals surface area contributed by atoms with Crippen LogP contribution in [0.15, 0.2) is 103 Å². The number of rotatable bonds is 19. The van der Waals surface area contributed by atoms with E-state index in [1.165, 1.54) is 13.0 Å². The summed E-state index contributed by atoms with van der Waals surface area (Å²) in [6.45, 7) is 3.22. The molecule has 4 aromatic carbocycles. The highest BCUT2D eigenvalue weighted by Crippen LogP contribution is 2.22. The lowest BCUT2D eigenvalue weighted by Gasteiger charge is -2.26. The van der Waals surface area contributed by atoms with Gasteiger partial charge in [-0.2, -0.15) is 0 Å². The summed E-state index contributed by atoms with van der Waals surface area (Å²) >= 11 is 12.6. The van der Waals surface area contributed by atoms with E-state index in [2.05, 4.69) is 26.6 Å². The second-order valence-corrected chi connectivity index (χ2v) is 14.2. The maximum atomic E-state index is 14.1. The van der Waals surface area contributed by atoms with Crippen molar-refractivity contribution in [1.82, 2.24) is 21.3 Å². The van der Waals surface area contributed by atoms with E-state index in [0.29, 0.717) is 28.3 Å². The zero-order valence-electron chi connectivity index (χ0n) is 31.0. The zero-order valence-corrected chi connectivity index (χ0v) is 32.5. The molecular formula is C42H45Cl2N5O7. The average Bonchev–Trinajstić information content (AvgIpc) is 3.17. The van der Waals surface area contributed by atoms with Crippen LogP contribution in [-0.2, 0) is 48.0 Å². The molecule has 12 nitrogen and oxygen atoms in total. The quantitative estimate of drug-likeness (QED) is 0.0755. The number of nitrogens with one attached hydrogen (secondary N) is 5. The number of aliphatic carboxylic acids is 1. The molecule has 0 aliphatic carbocycles. The molecule has 0 aromatic heterocycles. The second-order valence-electron chi connectivity index (χ2n) is 13.4. The fourth-order valence-electron chi connectivity index (χ4n) is 5.67. The van der Waals surface area contributed by atoms with Crippen LogP contribution in [0.5, 0.6) is 0 Å². The summed E-state index contributed by atoms with van der Waals surface area (Å²) in [5, 5.41) is 23.4. The molecule has 5 amide bonds. The first-order chi connectivity index (χ1) is 26.8. The molecule has 0 bridgehead atoms. The van der Waals surface area contributed by atoms with Crippen molar-refractivity contribution < 1.29 is 33.9 Å². The van der Waals surface area contributed by atoms with Crippen LogP contribution >= 0.6 is 23.2 Å². The third-order valence-electron chi connectivity index (χ3n) is 8.85. The largest absolute Gasteiger partial charge is 0.480 e. The van der Waals surface area contributed by atoms with Crippen LogP contribution < -0.4 is 26.6 Å². The molecule has 14 heteroatoms. The number of carbonyl (C=O) groups excluding carboxylic acids is 5. The molecule has 4 unspecified atom stereocenters. The Bertz CT molecular complexity index is 1980. The highest BCUT2D eigenvalue weighted by molar-refractivity contribution is 6.35. The minimum absolute atomic E-state index is 0.0143. The lowest BCUT2D eigenvalue weighted by atomic mass is 10.0. The number of carbonyl (C=O) groups is 6. The van der Waals surface area contributed by atoms with Crippen molar-refractivity contribution in [3.8, 4) is 0 Å². The van der Waals surface area contributed by atoms with Gasteiger partial charge in [-0.25, -0.2) is 0 Å². The van der Waals surface area contributed by atoms with Gasteiger partial charge in [0, 0.05) is 41.4 Å². The van der Waals surface area contributed by atoms with E-state index in [0.717, 1.165) is 11.1 Å². The van der Waals surface area contributed by atoms with Crippen LogP contribution in [0.1, 0.15) is 48.4 Å². The number of halogens is 2. The van der Waals surface area contributed by atoms with E-state index in [1.54, 1.807) is 54.6 Å². The third kappa shape index (κ3) is 14.2. The summed E-state index contributed by atoms with van der Waals surface area (Å²) < 4.78 is 0. The Kier molecular flexibility index (Phi) is 16.4. The Hall–Kier alpha value is -5.72. The Balaban J connectivity index is 1.56. The van der Waals surface area contributed by atoms with E-state index in [9.17, 15) is 33.9 Å². The molecule has 0 spiro atoms. The van der Waals surface area contributed by atoms with E-state index < -0.39 is 53.8 Å². The van der Waals surface area contributed by atoms with Gasteiger partial charge in [-0.15, -0.1) is 0 Å². The Morgan fingerprint density at radius 2 is 1.18 bits per heavy atom. The summed E-state index contributed by atoms with van der Waals surface area (Å²) in [6.07, 6.45) is 0.0887. The predicted molar refractivity (Wildman–Crippen MR) is 215 cm³/mol. The minimum Gasteiger partial charge on any atom is -0.480 e. The highest BCUT2D eigenvalue weighted by Gasteiger charge is 2.31. The number of amides is 5. The first-order valence-corrected chi connectivity index (χ1v) is 18.8. The number of anilines is 1. The molecule has 4 atom stereocenters. The zero-order chi connectivity index (χ0) is 40.6. The van der Waals surface area contributed by atoms with Gasteiger partial charge in [0.15, 0.2) is 0 Å². The first-order valence-electron chi connectivity index (χ1n) is 18.1. The number of aryl methyl sites for hydroxylation is 2. The van der Waals surface area contributed by atoms with Crippen molar-refractivity contribution in [1.29, 1.82) is 0 Å². The average molecular weight is 803 g/mol. The third-order valence-corrected chi connectivity index (χ3v) is 9.43. The van der Waals surface area contributed by atoms with Crippen LogP contribution in [0.2, 0.25) is 10.0 Å². The van der Waals surface area contributed by atoms with Gasteiger partial charge in [-0.1, -0.05) is 108 Å². The van der Waals surface area contributed by atoms with Crippen LogP contribution in [0.25, 0.3) is 0 Å². The van der Waals surface area contributed by atoms with Gasteiger partial charge in [0.25, 0.3) is 0 Å². The Morgan fingerprint density at radius 1 is 0.625 bits per heavy atom. The van der Waals surface area contributed by atoms with Gasteiger partial charge >= 0.3 is 5.97 Å².